The number of rotatable bonds is 4. The van der Waals surface area contributed by atoms with E-state index in [4.69, 9.17) is 0 Å². The molecule has 0 unspecified atom stereocenters. The third kappa shape index (κ3) is 4.27. The fraction of sp³-hybridized carbons (Fsp3) is 0.588. The lowest BCUT2D eigenvalue weighted by Gasteiger charge is -2.39. The Balaban J connectivity index is 2.16. The summed E-state index contributed by atoms with van der Waals surface area (Å²) in [6.07, 6.45) is 0. The van der Waals surface area contributed by atoms with Crippen LogP contribution in [0.4, 0.5) is 0 Å². The summed E-state index contributed by atoms with van der Waals surface area (Å²) in [5.41, 5.74) is 1.87. The second-order valence-corrected chi connectivity index (χ2v) is 9.39. The molecule has 0 amide bonds. The molecule has 2 rings (SSSR count). The molecule has 0 aromatic heterocycles. The van der Waals surface area contributed by atoms with Gasteiger partial charge in [0.1, 0.15) is 0 Å². The molecule has 1 aliphatic rings. The summed E-state index contributed by atoms with van der Waals surface area (Å²) in [7, 11) is -3.07. The monoisotopic (exact) mass is 353 g/mol. The summed E-state index contributed by atoms with van der Waals surface area (Å²) < 4.78 is 23.6. The van der Waals surface area contributed by atoms with Crippen LogP contribution in [0, 0.1) is 0 Å². The number of aliphatic hydroxyl groups excluding tert-OH is 1. The van der Waals surface area contributed by atoms with Crippen molar-refractivity contribution >= 4 is 15.8 Å². The highest BCUT2D eigenvalue weighted by molar-refractivity contribution is 7.92. The number of sulfone groups is 1. The van der Waals surface area contributed by atoms with Crippen LogP contribution >= 0.6 is 0 Å². The molecule has 6 nitrogen and oxygen atoms in total. The van der Waals surface area contributed by atoms with E-state index in [0.717, 1.165) is 23.6 Å². The number of hydrogen-bond acceptors (Lipinski definition) is 4. The van der Waals surface area contributed by atoms with Crippen LogP contribution in [0.3, 0.4) is 0 Å². The van der Waals surface area contributed by atoms with Crippen molar-refractivity contribution in [3.8, 4) is 0 Å². The largest absolute Gasteiger partial charge is 0.392 e. The maximum absolute atomic E-state index is 12.2. The summed E-state index contributed by atoms with van der Waals surface area (Å²) in [5, 5.41) is 12.5. The van der Waals surface area contributed by atoms with Crippen LogP contribution in [0.15, 0.2) is 29.3 Å². The van der Waals surface area contributed by atoms with Gasteiger partial charge in [-0.2, -0.15) is 0 Å². The third-order valence-electron chi connectivity index (χ3n) is 4.26. The van der Waals surface area contributed by atoms with Gasteiger partial charge >= 0.3 is 0 Å². The van der Waals surface area contributed by atoms with Gasteiger partial charge in [-0.05, 0) is 31.9 Å². The molecule has 1 aromatic rings. The van der Waals surface area contributed by atoms with Crippen molar-refractivity contribution in [2.24, 2.45) is 4.99 Å². The molecule has 0 saturated carbocycles. The average molecular weight is 353 g/mol. The second-order valence-electron chi connectivity index (χ2n) is 6.65. The maximum atomic E-state index is 12.2. The first-order chi connectivity index (χ1) is 11.3. The van der Waals surface area contributed by atoms with E-state index < -0.39 is 14.6 Å². The topological polar surface area (TPSA) is 82.0 Å². The molecule has 1 aliphatic heterocycles. The number of aliphatic imine (C=N–C) groups is 1. The van der Waals surface area contributed by atoms with Gasteiger partial charge in [0.2, 0.25) is 0 Å². The minimum absolute atomic E-state index is 0.00972. The molecule has 1 heterocycles. The maximum Gasteiger partial charge on any atom is 0.194 e. The Kier molecular flexibility index (Phi) is 5.87. The van der Waals surface area contributed by atoms with E-state index >= 15 is 0 Å². The van der Waals surface area contributed by atoms with Crippen molar-refractivity contribution in [1.82, 2.24) is 10.2 Å². The molecule has 2 N–H and O–H groups in total. The number of guanidine groups is 1. The highest BCUT2D eigenvalue weighted by atomic mass is 32.2. The first-order valence-corrected chi connectivity index (χ1v) is 9.88. The van der Waals surface area contributed by atoms with E-state index in [9.17, 15) is 13.5 Å². The molecule has 0 bridgehead atoms. The van der Waals surface area contributed by atoms with Gasteiger partial charge in [-0.3, -0.25) is 0 Å². The van der Waals surface area contributed by atoms with Crippen LogP contribution < -0.4 is 5.32 Å². The molecule has 0 spiro atoms. The van der Waals surface area contributed by atoms with E-state index in [-0.39, 0.29) is 12.4 Å². The van der Waals surface area contributed by atoms with Crippen LogP contribution in [-0.4, -0.2) is 54.5 Å². The number of benzene rings is 1. The lowest BCUT2D eigenvalue weighted by molar-refractivity contribution is 0.281. The fourth-order valence-corrected chi connectivity index (χ4v) is 4.11. The molecule has 24 heavy (non-hydrogen) atoms. The summed E-state index contributed by atoms with van der Waals surface area (Å²) >= 11 is 0. The van der Waals surface area contributed by atoms with Gasteiger partial charge in [0, 0.05) is 19.6 Å². The van der Waals surface area contributed by atoms with Crippen molar-refractivity contribution in [1.29, 1.82) is 0 Å². The number of hydrogen-bond donors (Lipinski definition) is 2. The molecule has 134 valence electrons. The molecule has 1 saturated heterocycles. The summed E-state index contributed by atoms with van der Waals surface area (Å²) in [6, 6.07) is 7.67. The first kappa shape index (κ1) is 18.7. The first-order valence-electron chi connectivity index (χ1n) is 8.23. The zero-order valence-corrected chi connectivity index (χ0v) is 15.4. The lowest BCUT2D eigenvalue weighted by atomic mass is 10.1. The van der Waals surface area contributed by atoms with E-state index in [1.165, 1.54) is 0 Å². The van der Waals surface area contributed by atoms with Crippen LogP contribution in [-0.2, 0) is 23.0 Å². The van der Waals surface area contributed by atoms with Crippen molar-refractivity contribution < 1.29 is 13.5 Å². The Morgan fingerprint density at radius 3 is 2.71 bits per heavy atom. The van der Waals surface area contributed by atoms with Gasteiger partial charge in [0.25, 0.3) is 0 Å². The van der Waals surface area contributed by atoms with E-state index in [0.29, 0.717) is 19.6 Å². The zero-order valence-electron chi connectivity index (χ0n) is 14.6. The quantitative estimate of drug-likeness (QED) is 0.627. The molecule has 1 fully saturated rings. The SMILES string of the molecule is CCNC(=NCc1cccc(CO)c1)N1CCS(=O)(=O)C(C)(C)C1. The third-order valence-corrected chi connectivity index (χ3v) is 6.80. The minimum Gasteiger partial charge on any atom is -0.392 e. The summed E-state index contributed by atoms with van der Waals surface area (Å²) in [4.78, 5) is 6.67. The van der Waals surface area contributed by atoms with Crippen molar-refractivity contribution in [3.05, 3.63) is 35.4 Å². The van der Waals surface area contributed by atoms with Gasteiger partial charge in [-0.25, -0.2) is 13.4 Å². The fourth-order valence-electron chi connectivity index (χ4n) is 2.74. The molecule has 0 atom stereocenters. The Morgan fingerprint density at radius 2 is 2.08 bits per heavy atom. The van der Waals surface area contributed by atoms with Crippen LogP contribution in [0.2, 0.25) is 0 Å². The van der Waals surface area contributed by atoms with Gasteiger partial charge < -0.3 is 15.3 Å². The molecule has 7 heteroatoms. The summed E-state index contributed by atoms with van der Waals surface area (Å²) in [5.74, 6) is 0.875. The number of nitrogens with zero attached hydrogens (tertiary/aromatic N) is 2. The van der Waals surface area contributed by atoms with Crippen molar-refractivity contribution in [2.75, 3.05) is 25.4 Å². The van der Waals surface area contributed by atoms with Crippen molar-refractivity contribution in [2.45, 2.75) is 38.7 Å². The smallest absolute Gasteiger partial charge is 0.194 e. The molecular weight excluding hydrogens is 326 g/mol. The second kappa shape index (κ2) is 7.53. The van der Waals surface area contributed by atoms with Gasteiger partial charge in [0.05, 0.1) is 23.7 Å². The van der Waals surface area contributed by atoms with Crippen LogP contribution in [0.5, 0.6) is 0 Å². The minimum atomic E-state index is -3.07. The van der Waals surface area contributed by atoms with E-state index in [1.54, 1.807) is 13.8 Å². The predicted molar refractivity (Wildman–Crippen MR) is 96.6 cm³/mol. The number of nitrogens with one attached hydrogen (secondary N) is 1. The Morgan fingerprint density at radius 1 is 1.38 bits per heavy atom. The van der Waals surface area contributed by atoms with Gasteiger partial charge in [-0.15, -0.1) is 0 Å². The normalized spacial score (nSPS) is 20.0. The molecule has 0 radical (unpaired) electrons. The zero-order chi connectivity index (χ0) is 17.8. The molecular formula is C17H27N3O3S. The van der Waals surface area contributed by atoms with Crippen LogP contribution in [0.25, 0.3) is 0 Å². The molecule has 1 aromatic carbocycles. The van der Waals surface area contributed by atoms with E-state index in [2.05, 4.69) is 10.3 Å². The summed E-state index contributed by atoms with van der Waals surface area (Å²) in [6.45, 7) is 7.63. The average Bonchev–Trinajstić information content (AvgIpc) is 2.54. The predicted octanol–water partition coefficient (Wildman–Crippen LogP) is 1.15. The molecule has 0 aliphatic carbocycles. The Bertz CT molecular complexity index is 699. The van der Waals surface area contributed by atoms with Gasteiger partial charge in [-0.1, -0.05) is 24.3 Å². The van der Waals surface area contributed by atoms with Crippen LogP contribution in [0.1, 0.15) is 31.9 Å². The Labute approximate surface area is 144 Å². The van der Waals surface area contributed by atoms with Gasteiger partial charge in [0.15, 0.2) is 15.8 Å². The Hall–Kier alpha value is -1.60. The van der Waals surface area contributed by atoms with E-state index in [1.807, 2.05) is 36.1 Å². The highest BCUT2D eigenvalue weighted by Gasteiger charge is 2.40. The highest BCUT2D eigenvalue weighted by Crippen LogP contribution is 2.23. The van der Waals surface area contributed by atoms with Crippen molar-refractivity contribution in [3.63, 3.8) is 0 Å². The lowest BCUT2D eigenvalue weighted by Crippen LogP contribution is -2.57. The number of aliphatic hydroxyl groups is 1. The standard InChI is InChI=1S/C17H27N3O3S/c1-4-18-16(19-11-14-6-5-7-15(10-14)12-21)20-8-9-24(22,23)17(2,3)13-20/h5-7,10,21H,4,8-9,11-13H2,1-3H3,(H,18,19).